The van der Waals surface area contributed by atoms with Crippen LogP contribution < -0.4 is 0 Å². The van der Waals surface area contributed by atoms with Crippen LogP contribution >= 0.6 is 23.4 Å². The Balaban J connectivity index is 2.38. The highest BCUT2D eigenvalue weighted by atomic mass is 35.5. The van der Waals surface area contributed by atoms with Crippen LogP contribution in [0.2, 0.25) is 5.02 Å². The second-order valence-electron chi connectivity index (χ2n) is 3.67. The van der Waals surface area contributed by atoms with E-state index in [2.05, 4.69) is 4.98 Å². The molecule has 20 heavy (non-hydrogen) atoms. The molecule has 0 radical (unpaired) electrons. The van der Waals surface area contributed by atoms with Crippen LogP contribution in [0.5, 0.6) is 0 Å². The number of halogens is 1. The number of pyridine rings is 1. The van der Waals surface area contributed by atoms with Gasteiger partial charge in [0.2, 0.25) is 0 Å². The Morgan fingerprint density at radius 1 is 1.35 bits per heavy atom. The highest BCUT2D eigenvalue weighted by molar-refractivity contribution is 7.99. The second-order valence-corrected chi connectivity index (χ2v) is 5.17. The molecule has 0 amide bonds. The number of hydrogen-bond acceptors (Lipinski definition) is 5. The number of carbonyl (C=O) groups is 1. The molecule has 0 saturated heterocycles. The average Bonchev–Trinajstić information content (AvgIpc) is 2.41. The number of carboxylic acids is 1. The molecule has 0 aliphatic rings. The first kappa shape index (κ1) is 14.3. The fourth-order valence-electron chi connectivity index (χ4n) is 1.38. The summed E-state index contributed by atoms with van der Waals surface area (Å²) in [6.07, 6.45) is 1.09. The van der Waals surface area contributed by atoms with E-state index in [4.69, 9.17) is 16.7 Å². The van der Waals surface area contributed by atoms with Gasteiger partial charge in [0.25, 0.3) is 0 Å². The second kappa shape index (κ2) is 5.89. The number of nitrogens with zero attached hydrogens (tertiary/aromatic N) is 2. The molecule has 8 heteroatoms. The molecule has 0 bridgehead atoms. The summed E-state index contributed by atoms with van der Waals surface area (Å²) in [5, 5.41) is 20.5. The van der Waals surface area contributed by atoms with Crippen LogP contribution in [0.1, 0.15) is 10.4 Å². The number of aromatic carboxylic acids is 1. The van der Waals surface area contributed by atoms with Gasteiger partial charge in [-0.25, -0.2) is 9.78 Å². The molecular formula is C12H7ClN2O4S. The molecule has 0 aliphatic carbocycles. The van der Waals surface area contributed by atoms with Crippen molar-refractivity contribution in [3.63, 3.8) is 0 Å². The first-order valence-corrected chi connectivity index (χ1v) is 6.48. The normalized spacial score (nSPS) is 10.2. The molecule has 0 spiro atoms. The van der Waals surface area contributed by atoms with Gasteiger partial charge in [-0.2, -0.15) is 0 Å². The molecule has 0 saturated carbocycles. The zero-order valence-electron chi connectivity index (χ0n) is 9.82. The Kier molecular flexibility index (Phi) is 4.21. The van der Waals surface area contributed by atoms with Crippen molar-refractivity contribution in [2.75, 3.05) is 0 Å². The third-order valence-corrected chi connectivity index (χ3v) is 3.57. The smallest absolute Gasteiger partial charge is 0.337 e. The number of aromatic nitrogens is 1. The van der Waals surface area contributed by atoms with E-state index >= 15 is 0 Å². The summed E-state index contributed by atoms with van der Waals surface area (Å²) < 4.78 is 0. The fourth-order valence-corrected chi connectivity index (χ4v) is 2.35. The number of nitro groups is 1. The first-order valence-electron chi connectivity index (χ1n) is 5.28. The Morgan fingerprint density at radius 2 is 2.00 bits per heavy atom. The van der Waals surface area contributed by atoms with E-state index in [1.54, 1.807) is 24.3 Å². The molecular weight excluding hydrogens is 304 g/mol. The predicted octanol–water partition coefficient (Wildman–Crippen LogP) is 3.49. The summed E-state index contributed by atoms with van der Waals surface area (Å²) >= 11 is 6.82. The Bertz CT molecular complexity index is 676. The molecule has 0 aliphatic heterocycles. The van der Waals surface area contributed by atoms with Crippen molar-refractivity contribution < 1.29 is 14.8 Å². The van der Waals surface area contributed by atoms with Crippen LogP contribution in [0.15, 0.2) is 46.5 Å². The minimum atomic E-state index is -1.26. The molecule has 0 atom stereocenters. The fraction of sp³-hybridized carbons (Fsp3) is 0. The number of benzene rings is 1. The highest BCUT2D eigenvalue weighted by Crippen LogP contribution is 2.33. The third kappa shape index (κ3) is 3.25. The molecule has 1 aromatic carbocycles. The van der Waals surface area contributed by atoms with Gasteiger partial charge in [0.15, 0.2) is 5.03 Å². The topological polar surface area (TPSA) is 93.3 Å². The third-order valence-electron chi connectivity index (χ3n) is 2.30. The van der Waals surface area contributed by atoms with Crippen molar-refractivity contribution in [3.8, 4) is 0 Å². The van der Waals surface area contributed by atoms with E-state index in [0.29, 0.717) is 9.92 Å². The lowest BCUT2D eigenvalue weighted by Gasteiger charge is -2.03. The molecule has 1 heterocycles. The SMILES string of the molecule is O=C(O)c1cnc(Sc2ccc(Cl)cc2)c([N+](=O)[O-])c1. The Labute approximate surface area is 122 Å². The maximum absolute atomic E-state index is 11.0. The zero-order chi connectivity index (χ0) is 14.7. The largest absolute Gasteiger partial charge is 0.478 e. The number of hydrogen-bond donors (Lipinski definition) is 1. The van der Waals surface area contributed by atoms with Gasteiger partial charge >= 0.3 is 11.7 Å². The lowest BCUT2D eigenvalue weighted by molar-refractivity contribution is -0.388. The highest BCUT2D eigenvalue weighted by Gasteiger charge is 2.19. The van der Waals surface area contributed by atoms with E-state index in [9.17, 15) is 14.9 Å². The molecule has 2 aromatic rings. The van der Waals surface area contributed by atoms with Crippen molar-refractivity contribution in [3.05, 3.63) is 57.2 Å². The average molecular weight is 311 g/mol. The molecule has 102 valence electrons. The maximum atomic E-state index is 11.0. The molecule has 0 unspecified atom stereocenters. The Hall–Kier alpha value is -2.12. The number of rotatable bonds is 4. The van der Waals surface area contributed by atoms with Gasteiger partial charge in [0.05, 0.1) is 10.5 Å². The molecule has 6 nitrogen and oxygen atoms in total. The summed E-state index contributed by atoms with van der Waals surface area (Å²) in [4.78, 5) is 25.7. The quantitative estimate of drug-likeness (QED) is 0.686. The van der Waals surface area contributed by atoms with Crippen molar-refractivity contribution in [1.82, 2.24) is 4.98 Å². The molecule has 2 rings (SSSR count). The van der Waals surface area contributed by atoms with Crippen LogP contribution in [0.4, 0.5) is 5.69 Å². The van der Waals surface area contributed by atoms with Crippen LogP contribution in [0, 0.1) is 10.1 Å². The standard InChI is InChI=1S/C12H7ClN2O4S/c13-8-1-3-9(4-2-8)20-11-10(15(18)19)5-7(6-14-11)12(16)17/h1-6H,(H,16,17). The van der Waals surface area contributed by atoms with Crippen LogP contribution in [0.3, 0.4) is 0 Å². The van der Waals surface area contributed by atoms with Gasteiger partial charge in [-0.05, 0) is 24.3 Å². The van der Waals surface area contributed by atoms with Crippen LogP contribution in [0.25, 0.3) is 0 Å². The van der Waals surface area contributed by atoms with E-state index in [0.717, 1.165) is 24.0 Å². The minimum absolute atomic E-state index is 0.127. The van der Waals surface area contributed by atoms with Gasteiger partial charge in [0, 0.05) is 22.2 Å². The molecule has 0 fully saturated rings. The van der Waals surface area contributed by atoms with E-state index in [1.165, 1.54) is 0 Å². The summed E-state index contributed by atoms with van der Waals surface area (Å²) in [6.45, 7) is 0. The lowest BCUT2D eigenvalue weighted by Crippen LogP contribution is -2.01. The van der Waals surface area contributed by atoms with Crippen molar-refractivity contribution >= 4 is 35.0 Å². The zero-order valence-corrected chi connectivity index (χ0v) is 11.4. The summed E-state index contributed by atoms with van der Waals surface area (Å²) in [7, 11) is 0. The van der Waals surface area contributed by atoms with Gasteiger partial charge in [-0.1, -0.05) is 23.4 Å². The van der Waals surface area contributed by atoms with Crippen molar-refractivity contribution in [2.24, 2.45) is 0 Å². The van der Waals surface area contributed by atoms with Gasteiger partial charge < -0.3 is 5.11 Å². The summed E-state index contributed by atoms with van der Waals surface area (Å²) in [5.74, 6) is -1.26. The molecule has 1 N–H and O–H groups in total. The van der Waals surface area contributed by atoms with Crippen molar-refractivity contribution in [1.29, 1.82) is 0 Å². The summed E-state index contributed by atoms with van der Waals surface area (Å²) in [5.41, 5.74) is -0.568. The van der Waals surface area contributed by atoms with Gasteiger partial charge in [0.1, 0.15) is 0 Å². The van der Waals surface area contributed by atoms with Gasteiger partial charge in [-0.3, -0.25) is 10.1 Å². The summed E-state index contributed by atoms with van der Waals surface area (Å²) in [6, 6.07) is 7.70. The molecule has 1 aromatic heterocycles. The van der Waals surface area contributed by atoms with Crippen molar-refractivity contribution in [2.45, 2.75) is 9.92 Å². The number of carboxylic acid groups (broad SMARTS) is 1. The Morgan fingerprint density at radius 3 is 2.55 bits per heavy atom. The van der Waals surface area contributed by atoms with E-state index in [-0.39, 0.29) is 16.3 Å². The van der Waals surface area contributed by atoms with Crippen LogP contribution in [-0.4, -0.2) is 21.0 Å². The predicted molar refractivity (Wildman–Crippen MR) is 73.4 cm³/mol. The van der Waals surface area contributed by atoms with Crippen LogP contribution in [-0.2, 0) is 0 Å². The van der Waals surface area contributed by atoms with E-state index in [1.807, 2.05) is 0 Å². The lowest BCUT2D eigenvalue weighted by atomic mass is 10.3. The minimum Gasteiger partial charge on any atom is -0.478 e. The first-order chi connectivity index (χ1) is 9.47. The van der Waals surface area contributed by atoms with Gasteiger partial charge in [-0.15, -0.1) is 0 Å². The monoisotopic (exact) mass is 310 g/mol. The maximum Gasteiger partial charge on any atom is 0.337 e. The van der Waals surface area contributed by atoms with E-state index < -0.39 is 10.9 Å².